The molecule has 0 saturated carbocycles. The van der Waals surface area contributed by atoms with Crippen LogP contribution in [0.4, 0.5) is 0 Å². The minimum atomic E-state index is 0.682. The lowest BCUT2D eigenvalue weighted by Gasteiger charge is -2.06. The van der Waals surface area contributed by atoms with Crippen LogP contribution in [0.2, 0.25) is 0 Å². The van der Waals surface area contributed by atoms with Gasteiger partial charge in [-0.2, -0.15) is 5.10 Å². The zero-order valence-electron chi connectivity index (χ0n) is 8.16. The maximum Gasteiger partial charge on any atom is 0.0522 e. The number of nitrogens with zero attached hydrogens (tertiary/aromatic N) is 2. The number of aromatic nitrogens is 2. The zero-order valence-corrected chi connectivity index (χ0v) is 8.16. The van der Waals surface area contributed by atoms with Crippen molar-refractivity contribution in [1.29, 1.82) is 0 Å². The second-order valence-electron chi connectivity index (χ2n) is 3.01. The lowest BCUT2D eigenvalue weighted by atomic mass is 10.4. The normalized spacial score (nSPS) is 10.6. The first-order chi connectivity index (χ1) is 6.38. The molecule has 0 aliphatic rings. The Morgan fingerprint density at radius 1 is 1.62 bits per heavy atom. The van der Waals surface area contributed by atoms with E-state index < -0.39 is 0 Å². The zero-order chi connectivity index (χ0) is 9.52. The summed E-state index contributed by atoms with van der Waals surface area (Å²) in [6.45, 7) is 5.54. The Labute approximate surface area is 79.1 Å². The number of aryl methyl sites for hydroxylation is 1. The summed E-state index contributed by atoms with van der Waals surface area (Å²) in [6.07, 6.45) is 2.96. The second kappa shape index (κ2) is 5.72. The number of nitrogens with two attached hydrogens (primary N) is 1. The van der Waals surface area contributed by atoms with Gasteiger partial charge in [0.2, 0.25) is 0 Å². The van der Waals surface area contributed by atoms with Gasteiger partial charge in [0.25, 0.3) is 0 Å². The maximum atomic E-state index is 5.38. The molecule has 0 unspecified atom stereocenters. The molecule has 13 heavy (non-hydrogen) atoms. The van der Waals surface area contributed by atoms with Crippen LogP contribution in [0.5, 0.6) is 0 Å². The maximum absolute atomic E-state index is 5.38. The van der Waals surface area contributed by atoms with Crippen LogP contribution in [0.3, 0.4) is 0 Å². The van der Waals surface area contributed by atoms with Crippen molar-refractivity contribution in [2.75, 3.05) is 13.1 Å². The number of hydrogen-bond acceptors (Lipinski definition) is 3. The van der Waals surface area contributed by atoms with Crippen LogP contribution in [0.1, 0.15) is 19.0 Å². The number of hydrogen-bond donors (Lipinski definition) is 2. The molecule has 4 heteroatoms. The summed E-state index contributed by atoms with van der Waals surface area (Å²) >= 11 is 0. The van der Waals surface area contributed by atoms with Gasteiger partial charge < -0.3 is 11.1 Å². The van der Waals surface area contributed by atoms with Crippen LogP contribution in [0, 0.1) is 0 Å². The summed E-state index contributed by atoms with van der Waals surface area (Å²) in [5.74, 6) is 0. The van der Waals surface area contributed by atoms with E-state index in [1.54, 1.807) is 0 Å². The fourth-order valence-corrected chi connectivity index (χ4v) is 1.24. The lowest BCUT2D eigenvalue weighted by Crippen LogP contribution is -2.23. The predicted molar refractivity (Wildman–Crippen MR) is 53.3 cm³/mol. The van der Waals surface area contributed by atoms with E-state index in [9.17, 15) is 0 Å². The topological polar surface area (TPSA) is 55.9 Å². The molecule has 0 fully saturated rings. The van der Waals surface area contributed by atoms with Crippen LogP contribution in [-0.4, -0.2) is 22.9 Å². The molecule has 0 amide bonds. The standard InChI is InChI=1S/C9H18N4/c1-2-7-13-9(3-5-12-13)8-11-6-4-10/h3,5,11H,2,4,6-8,10H2,1H3. The van der Waals surface area contributed by atoms with E-state index in [4.69, 9.17) is 5.73 Å². The molecule has 0 atom stereocenters. The van der Waals surface area contributed by atoms with Gasteiger partial charge >= 0.3 is 0 Å². The SMILES string of the molecule is CCCn1nccc1CNCCN. The highest BCUT2D eigenvalue weighted by Crippen LogP contribution is 1.99. The fraction of sp³-hybridized carbons (Fsp3) is 0.667. The van der Waals surface area contributed by atoms with Crippen LogP contribution < -0.4 is 11.1 Å². The summed E-state index contributed by atoms with van der Waals surface area (Å²) in [5.41, 5.74) is 6.61. The summed E-state index contributed by atoms with van der Waals surface area (Å²) < 4.78 is 2.03. The fourth-order valence-electron chi connectivity index (χ4n) is 1.24. The first kappa shape index (κ1) is 10.2. The Morgan fingerprint density at radius 2 is 2.46 bits per heavy atom. The molecule has 1 aromatic rings. The van der Waals surface area contributed by atoms with E-state index >= 15 is 0 Å². The van der Waals surface area contributed by atoms with Crippen LogP contribution in [0.15, 0.2) is 12.3 Å². The van der Waals surface area contributed by atoms with Crippen molar-refractivity contribution in [3.63, 3.8) is 0 Å². The third kappa shape index (κ3) is 3.16. The molecule has 0 spiro atoms. The molecule has 3 N–H and O–H groups in total. The molecule has 0 radical (unpaired) electrons. The van der Waals surface area contributed by atoms with Crippen molar-refractivity contribution in [1.82, 2.24) is 15.1 Å². The van der Waals surface area contributed by atoms with Crippen molar-refractivity contribution in [2.24, 2.45) is 5.73 Å². The van der Waals surface area contributed by atoms with Gasteiger partial charge in [-0.3, -0.25) is 4.68 Å². The van der Waals surface area contributed by atoms with Gasteiger partial charge in [-0.15, -0.1) is 0 Å². The molecule has 1 heterocycles. The Bertz CT molecular complexity index is 231. The number of rotatable bonds is 6. The van der Waals surface area contributed by atoms with Crippen LogP contribution in [-0.2, 0) is 13.1 Å². The van der Waals surface area contributed by atoms with Crippen molar-refractivity contribution in [3.05, 3.63) is 18.0 Å². The highest BCUT2D eigenvalue weighted by Gasteiger charge is 1.99. The highest BCUT2D eigenvalue weighted by atomic mass is 15.3. The molecule has 74 valence electrons. The molecule has 0 saturated heterocycles. The Hall–Kier alpha value is -0.870. The predicted octanol–water partition coefficient (Wildman–Crippen LogP) is 0.341. The minimum Gasteiger partial charge on any atom is -0.329 e. The van der Waals surface area contributed by atoms with Gasteiger partial charge in [-0.05, 0) is 12.5 Å². The molecule has 1 rings (SSSR count). The molecular formula is C9H18N4. The minimum absolute atomic E-state index is 0.682. The van der Waals surface area contributed by atoms with Crippen molar-refractivity contribution in [2.45, 2.75) is 26.4 Å². The van der Waals surface area contributed by atoms with E-state index in [-0.39, 0.29) is 0 Å². The smallest absolute Gasteiger partial charge is 0.0522 e. The van der Waals surface area contributed by atoms with E-state index in [2.05, 4.69) is 17.3 Å². The molecule has 0 aromatic carbocycles. The molecular weight excluding hydrogens is 164 g/mol. The van der Waals surface area contributed by atoms with Crippen molar-refractivity contribution < 1.29 is 0 Å². The van der Waals surface area contributed by atoms with Gasteiger partial charge in [0.1, 0.15) is 0 Å². The van der Waals surface area contributed by atoms with Crippen LogP contribution in [0.25, 0.3) is 0 Å². The Morgan fingerprint density at radius 3 is 3.15 bits per heavy atom. The third-order valence-corrected chi connectivity index (χ3v) is 1.87. The van der Waals surface area contributed by atoms with Gasteiger partial charge in [-0.1, -0.05) is 6.92 Å². The second-order valence-corrected chi connectivity index (χ2v) is 3.01. The summed E-state index contributed by atoms with van der Waals surface area (Å²) in [4.78, 5) is 0. The monoisotopic (exact) mass is 182 g/mol. The first-order valence-electron chi connectivity index (χ1n) is 4.80. The molecule has 0 aliphatic heterocycles. The van der Waals surface area contributed by atoms with Crippen LogP contribution >= 0.6 is 0 Å². The summed E-state index contributed by atoms with van der Waals surface area (Å²) in [7, 11) is 0. The van der Waals surface area contributed by atoms with Crippen molar-refractivity contribution >= 4 is 0 Å². The Kier molecular flexibility index (Phi) is 4.49. The number of nitrogens with one attached hydrogen (secondary N) is 1. The average Bonchev–Trinajstić information content (AvgIpc) is 2.54. The molecule has 4 nitrogen and oxygen atoms in total. The molecule has 0 aliphatic carbocycles. The van der Waals surface area contributed by atoms with E-state index in [0.29, 0.717) is 6.54 Å². The largest absolute Gasteiger partial charge is 0.329 e. The lowest BCUT2D eigenvalue weighted by molar-refractivity contribution is 0.551. The van der Waals surface area contributed by atoms with Gasteiger partial charge in [0, 0.05) is 32.4 Å². The summed E-state index contributed by atoms with van der Waals surface area (Å²) in [5, 5.41) is 7.48. The Balaban J connectivity index is 2.40. The third-order valence-electron chi connectivity index (χ3n) is 1.87. The molecule has 1 aromatic heterocycles. The summed E-state index contributed by atoms with van der Waals surface area (Å²) in [6, 6.07) is 2.04. The highest BCUT2D eigenvalue weighted by molar-refractivity contribution is 4.99. The van der Waals surface area contributed by atoms with E-state index in [0.717, 1.165) is 26.1 Å². The molecule has 0 bridgehead atoms. The first-order valence-corrected chi connectivity index (χ1v) is 4.80. The quantitative estimate of drug-likeness (QED) is 0.624. The van der Waals surface area contributed by atoms with Gasteiger partial charge in [0.15, 0.2) is 0 Å². The van der Waals surface area contributed by atoms with E-state index in [1.165, 1.54) is 5.69 Å². The van der Waals surface area contributed by atoms with Crippen molar-refractivity contribution in [3.8, 4) is 0 Å². The average molecular weight is 182 g/mol. The van der Waals surface area contributed by atoms with Gasteiger partial charge in [-0.25, -0.2) is 0 Å². The van der Waals surface area contributed by atoms with E-state index in [1.807, 2.05) is 16.9 Å². The van der Waals surface area contributed by atoms with Gasteiger partial charge in [0.05, 0.1) is 5.69 Å².